The molecular formula is C17H23N5O2. The van der Waals surface area contributed by atoms with Crippen LogP contribution in [0.3, 0.4) is 0 Å². The number of nitrogens with zero attached hydrogens (tertiary/aromatic N) is 5. The molecule has 3 atom stereocenters. The standard InChI is InChI=1S/C17H23N5O2/c1-13(23)22-15(9-21-12-18-11-19-21)7-14-8-20(5-4-17(14)22)10-16-3-2-6-24-16/h2-3,6,11-12,14-15,17H,4-5,7-10H2,1H3/t14-,15+,17+/m1/s1. The lowest BCUT2D eigenvalue weighted by Gasteiger charge is -2.38. The molecular weight excluding hydrogens is 306 g/mol. The summed E-state index contributed by atoms with van der Waals surface area (Å²) in [5.74, 6) is 1.70. The molecule has 7 heteroatoms. The second-order valence-corrected chi connectivity index (χ2v) is 6.86. The average molecular weight is 329 g/mol. The lowest BCUT2D eigenvalue weighted by atomic mass is 9.92. The van der Waals surface area contributed by atoms with Gasteiger partial charge in [-0.25, -0.2) is 4.98 Å². The Labute approximate surface area is 141 Å². The topological polar surface area (TPSA) is 67.4 Å². The maximum Gasteiger partial charge on any atom is 0.220 e. The minimum Gasteiger partial charge on any atom is -0.468 e. The molecule has 0 saturated carbocycles. The van der Waals surface area contributed by atoms with Gasteiger partial charge in [-0.15, -0.1) is 0 Å². The molecule has 2 aliphatic rings. The molecule has 0 aliphatic carbocycles. The molecule has 2 aliphatic heterocycles. The van der Waals surface area contributed by atoms with Gasteiger partial charge in [0, 0.05) is 26.1 Å². The van der Waals surface area contributed by atoms with E-state index in [1.165, 1.54) is 0 Å². The van der Waals surface area contributed by atoms with Crippen molar-refractivity contribution in [1.29, 1.82) is 0 Å². The molecule has 2 fully saturated rings. The molecule has 0 bridgehead atoms. The van der Waals surface area contributed by atoms with Gasteiger partial charge >= 0.3 is 0 Å². The van der Waals surface area contributed by atoms with Crippen molar-refractivity contribution in [3.05, 3.63) is 36.8 Å². The number of fused-ring (bicyclic) bond motifs is 1. The van der Waals surface area contributed by atoms with Gasteiger partial charge in [-0.3, -0.25) is 14.4 Å². The minimum atomic E-state index is 0.173. The maximum absolute atomic E-state index is 12.2. The first-order chi connectivity index (χ1) is 11.7. The van der Waals surface area contributed by atoms with Crippen LogP contribution in [-0.4, -0.2) is 55.6 Å². The summed E-state index contributed by atoms with van der Waals surface area (Å²) in [5.41, 5.74) is 0. The summed E-state index contributed by atoms with van der Waals surface area (Å²) in [6.45, 7) is 5.28. The second kappa shape index (κ2) is 6.39. The molecule has 1 amide bonds. The number of hydrogen-bond acceptors (Lipinski definition) is 5. The summed E-state index contributed by atoms with van der Waals surface area (Å²) in [6.07, 6.45) is 7.05. The summed E-state index contributed by atoms with van der Waals surface area (Å²) in [6, 6.07) is 4.52. The third-order valence-corrected chi connectivity index (χ3v) is 5.29. The average Bonchev–Trinajstić information content (AvgIpc) is 3.27. The summed E-state index contributed by atoms with van der Waals surface area (Å²) in [4.78, 5) is 20.8. The van der Waals surface area contributed by atoms with Gasteiger partial charge in [0.15, 0.2) is 0 Å². The summed E-state index contributed by atoms with van der Waals surface area (Å²) >= 11 is 0. The van der Waals surface area contributed by atoms with Crippen molar-refractivity contribution in [2.24, 2.45) is 5.92 Å². The van der Waals surface area contributed by atoms with Crippen LogP contribution in [0.15, 0.2) is 35.5 Å². The van der Waals surface area contributed by atoms with Gasteiger partial charge in [-0.1, -0.05) is 0 Å². The lowest BCUT2D eigenvalue weighted by molar-refractivity contribution is -0.133. The molecule has 0 aromatic carbocycles. The fourth-order valence-corrected chi connectivity index (χ4v) is 4.39. The van der Waals surface area contributed by atoms with Crippen LogP contribution in [0.1, 0.15) is 25.5 Å². The zero-order valence-electron chi connectivity index (χ0n) is 13.9. The quantitative estimate of drug-likeness (QED) is 0.848. The largest absolute Gasteiger partial charge is 0.468 e. The van der Waals surface area contributed by atoms with E-state index in [-0.39, 0.29) is 11.9 Å². The van der Waals surface area contributed by atoms with Crippen molar-refractivity contribution in [1.82, 2.24) is 24.6 Å². The van der Waals surface area contributed by atoms with Gasteiger partial charge < -0.3 is 9.32 Å². The van der Waals surface area contributed by atoms with Crippen LogP contribution in [0.25, 0.3) is 0 Å². The maximum atomic E-state index is 12.2. The van der Waals surface area contributed by atoms with Gasteiger partial charge in [0.25, 0.3) is 0 Å². The molecule has 4 rings (SSSR count). The van der Waals surface area contributed by atoms with E-state index < -0.39 is 0 Å². The van der Waals surface area contributed by atoms with Crippen LogP contribution in [0.4, 0.5) is 0 Å². The first kappa shape index (κ1) is 15.4. The number of carbonyl (C=O) groups excluding carboxylic acids is 1. The zero-order valence-corrected chi connectivity index (χ0v) is 13.9. The lowest BCUT2D eigenvalue weighted by Crippen LogP contribution is -2.48. The monoisotopic (exact) mass is 329 g/mol. The highest BCUT2D eigenvalue weighted by Crippen LogP contribution is 2.36. The molecule has 0 N–H and O–H groups in total. The number of carbonyl (C=O) groups is 1. The highest BCUT2D eigenvalue weighted by molar-refractivity contribution is 5.74. The smallest absolute Gasteiger partial charge is 0.220 e. The number of piperidine rings is 1. The van der Waals surface area contributed by atoms with Gasteiger partial charge in [0.05, 0.1) is 25.4 Å². The Morgan fingerprint density at radius 2 is 2.38 bits per heavy atom. The van der Waals surface area contributed by atoms with Crippen molar-refractivity contribution >= 4 is 5.91 Å². The molecule has 4 heterocycles. The van der Waals surface area contributed by atoms with E-state index in [9.17, 15) is 4.79 Å². The van der Waals surface area contributed by atoms with E-state index in [1.807, 2.05) is 16.8 Å². The molecule has 0 unspecified atom stereocenters. The van der Waals surface area contributed by atoms with Crippen LogP contribution < -0.4 is 0 Å². The van der Waals surface area contributed by atoms with Crippen molar-refractivity contribution in [2.75, 3.05) is 13.1 Å². The first-order valence-electron chi connectivity index (χ1n) is 8.57. The Morgan fingerprint density at radius 1 is 1.46 bits per heavy atom. The predicted octanol–water partition coefficient (Wildman–Crippen LogP) is 1.38. The van der Waals surface area contributed by atoms with Gasteiger partial charge in [-0.05, 0) is 30.9 Å². The molecule has 0 radical (unpaired) electrons. The highest BCUT2D eigenvalue weighted by atomic mass is 16.3. The highest BCUT2D eigenvalue weighted by Gasteiger charge is 2.45. The van der Waals surface area contributed by atoms with E-state index >= 15 is 0 Å². The molecule has 2 aromatic rings. The van der Waals surface area contributed by atoms with Crippen LogP contribution in [-0.2, 0) is 17.9 Å². The first-order valence-corrected chi connectivity index (χ1v) is 8.57. The zero-order chi connectivity index (χ0) is 16.5. The minimum absolute atomic E-state index is 0.173. The van der Waals surface area contributed by atoms with E-state index in [0.29, 0.717) is 12.0 Å². The van der Waals surface area contributed by atoms with Crippen LogP contribution in [0.5, 0.6) is 0 Å². The Bertz CT molecular complexity index is 669. The Balaban J connectivity index is 1.45. The molecule has 128 valence electrons. The number of aromatic nitrogens is 3. The van der Waals surface area contributed by atoms with Crippen LogP contribution in [0, 0.1) is 5.92 Å². The van der Waals surface area contributed by atoms with E-state index in [1.54, 1.807) is 25.8 Å². The number of likely N-dealkylation sites (tertiary alicyclic amines) is 2. The third-order valence-electron chi connectivity index (χ3n) is 5.29. The second-order valence-electron chi connectivity index (χ2n) is 6.86. The molecule has 2 aromatic heterocycles. The van der Waals surface area contributed by atoms with Crippen molar-refractivity contribution in [3.63, 3.8) is 0 Å². The molecule has 0 spiro atoms. The fourth-order valence-electron chi connectivity index (χ4n) is 4.39. The molecule has 2 saturated heterocycles. The molecule has 7 nitrogen and oxygen atoms in total. The third kappa shape index (κ3) is 2.96. The number of furan rings is 1. The predicted molar refractivity (Wildman–Crippen MR) is 86.8 cm³/mol. The van der Waals surface area contributed by atoms with Crippen molar-refractivity contribution in [2.45, 2.75) is 44.9 Å². The van der Waals surface area contributed by atoms with Gasteiger partial charge in [0.1, 0.15) is 18.4 Å². The van der Waals surface area contributed by atoms with Crippen molar-refractivity contribution in [3.8, 4) is 0 Å². The SMILES string of the molecule is CC(=O)N1[C@H](Cn2cncn2)C[C@@H]2CN(Cc3ccco3)CC[C@@H]21. The Hall–Kier alpha value is -2.15. The summed E-state index contributed by atoms with van der Waals surface area (Å²) in [7, 11) is 0. The summed E-state index contributed by atoms with van der Waals surface area (Å²) < 4.78 is 7.31. The van der Waals surface area contributed by atoms with Crippen molar-refractivity contribution < 1.29 is 9.21 Å². The summed E-state index contributed by atoms with van der Waals surface area (Å²) in [5, 5.41) is 4.20. The van der Waals surface area contributed by atoms with Gasteiger partial charge in [0.2, 0.25) is 5.91 Å². The Morgan fingerprint density at radius 3 is 3.08 bits per heavy atom. The number of hydrogen-bond donors (Lipinski definition) is 0. The van der Waals surface area contributed by atoms with E-state index in [4.69, 9.17) is 4.42 Å². The van der Waals surface area contributed by atoms with Crippen LogP contribution >= 0.6 is 0 Å². The fraction of sp³-hybridized carbons (Fsp3) is 0.588. The normalized spacial score (nSPS) is 27.4. The van der Waals surface area contributed by atoms with E-state index in [2.05, 4.69) is 19.9 Å². The molecule has 24 heavy (non-hydrogen) atoms. The Kier molecular flexibility index (Phi) is 4.10. The van der Waals surface area contributed by atoms with E-state index in [0.717, 1.165) is 44.8 Å². The van der Waals surface area contributed by atoms with Crippen LogP contribution in [0.2, 0.25) is 0 Å². The van der Waals surface area contributed by atoms with Gasteiger partial charge in [-0.2, -0.15) is 5.10 Å². The number of rotatable bonds is 4. The number of amides is 1.